The number of piperidine rings is 2. The molecule has 4 bridgehead atoms. The number of benzene rings is 1. The van der Waals surface area contributed by atoms with Crippen LogP contribution in [0.5, 0.6) is 0 Å². The van der Waals surface area contributed by atoms with Gasteiger partial charge in [-0.15, -0.1) is 0 Å². The Bertz CT molecular complexity index is 1310. The SMILES string of the molecule is CC1CC2CC(C1)CC(N1C3CCCC1CC(n1c(=O)c(/C(CCC(=O)O)=N/OCCN)nc4ccccc41)C3)C2. The van der Waals surface area contributed by atoms with Gasteiger partial charge in [-0.1, -0.05) is 30.6 Å². The second-order valence-corrected chi connectivity index (χ2v) is 13.2. The summed E-state index contributed by atoms with van der Waals surface area (Å²) in [4.78, 5) is 38.6. The molecule has 2 aliphatic carbocycles. The summed E-state index contributed by atoms with van der Waals surface area (Å²) >= 11 is 0. The average Bonchev–Trinajstić information content (AvgIpc) is 2.93. The quantitative estimate of drug-likeness (QED) is 0.257. The monoisotopic (exact) mass is 563 g/mol. The third-order valence-electron chi connectivity index (χ3n) is 10.2. The Morgan fingerprint density at radius 3 is 2.39 bits per heavy atom. The zero-order valence-corrected chi connectivity index (χ0v) is 24.3. The zero-order valence-electron chi connectivity index (χ0n) is 24.3. The molecule has 0 spiro atoms. The van der Waals surface area contributed by atoms with Crippen LogP contribution in [-0.2, 0) is 9.63 Å². The number of nitrogens with two attached hydrogens (primary N) is 1. The van der Waals surface area contributed by atoms with Crippen molar-refractivity contribution in [1.82, 2.24) is 14.5 Å². The zero-order chi connectivity index (χ0) is 28.5. The molecule has 1 aromatic heterocycles. The first-order valence-electron chi connectivity index (χ1n) is 15.8. The third-order valence-corrected chi connectivity index (χ3v) is 10.2. The summed E-state index contributed by atoms with van der Waals surface area (Å²) in [5, 5.41) is 13.5. The minimum absolute atomic E-state index is 0.0623. The van der Waals surface area contributed by atoms with Crippen LogP contribution in [0.4, 0.5) is 0 Å². The summed E-state index contributed by atoms with van der Waals surface area (Å²) in [6.45, 7) is 2.89. The number of aliphatic carboxylic acids is 1. The maximum Gasteiger partial charge on any atom is 0.303 e. The molecule has 2 aliphatic heterocycles. The Hall–Kier alpha value is -2.78. The molecule has 9 heteroatoms. The molecule has 1 aromatic carbocycles. The summed E-state index contributed by atoms with van der Waals surface area (Å²) in [5.41, 5.74) is 7.36. The summed E-state index contributed by atoms with van der Waals surface area (Å²) in [6, 6.07) is 9.51. The van der Waals surface area contributed by atoms with Gasteiger partial charge in [0.05, 0.1) is 17.5 Å². The van der Waals surface area contributed by atoms with Crippen LogP contribution in [-0.4, -0.2) is 62.5 Å². The molecule has 4 atom stereocenters. The van der Waals surface area contributed by atoms with Gasteiger partial charge in [-0.05, 0) is 87.7 Å². The number of rotatable bonds is 9. The summed E-state index contributed by atoms with van der Waals surface area (Å²) in [6.07, 6.45) is 12.3. The van der Waals surface area contributed by atoms with Crippen LogP contribution in [0.15, 0.2) is 34.2 Å². The van der Waals surface area contributed by atoms with Gasteiger partial charge in [0.15, 0.2) is 5.69 Å². The number of hydrogen-bond acceptors (Lipinski definition) is 7. The molecular formula is C32H45N5O4. The van der Waals surface area contributed by atoms with E-state index in [0.717, 1.165) is 36.1 Å². The molecule has 41 heavy (non-hydrogen) atoms. The molecule has 4 fully saturated rings. The smallest absolute Gasteiger partial charge is 0.303 e. The highest BCUT2D eigenvalue weighted by atomic mass is 16.6. The Balaban J connectivity index is 1.33. The molecule has 9 nitrogen and oxygen atoms in total. The maximum atomic E-state index is 14.2. The van der Waals surface area contributed by atoms with Gasteiger partial charge in [0, 0.05) is 37.1 Å². The van der Waals surface area contributed by atoms with Gasteiger partial charge in [0.25, 0.3) is 5.56 Å². The van der Waals surface area contributed by atoms with Crippen LogP contribution >= 0.6 is 0 Å². The van der Waals surface area contributed by atoms with Crippen molar-refractivity contribution in [3.63, 3.8) is 0 Å². The second kappa shape index (κ2) is 12.2. The fourth-order valence-corrected chi connectivity index (χ4v) is 8.90. The van der Waals surface area contributed by atoms with E-state index >= 15 is 0 Å². The van der Waals surface area contributed by atoms with E-state index in [9.17, 15) is 14.7 Å². The van der Waals surface area contributed by atoms with Crippen molar-refractivity contribution < 1.29 is 14.7 Å². The average molecular weight is 564 g/mol. The van der Waals surface area contributed by atoms with Crippen molar-refractivity contribution in [2.45, 2.75) is 108 Å². The number of fused-ring (bicyclic) bond motifs is 5. The fourth-order valence-electron chi connectivity index (χ4n) is 8.90. The van der Waals surface area contributed by atoms with Gasteiger partial charge in [-0.3, -0.25) is 14.5 Å². The number of carbonyl (C=O) groups is 1. The van der Waals surface area contributed by atoms with E-state index in [0.29, 0.717) is 23.6 Å². The topological polar surface area (TPSA) is 123 Å². The van der Waals surface area contributed by atoms with Crippen molar-refractivity contribution in [3.05, 3.63) is 40.3 Å². The molecule has 2 saturated heterocycles. The highest BCUT2D eigenvalue weighted by Gasteiger charge is 2.46. The van der Waals surface area contributed by atoms with E-state index in [2.05, 4.69) is 17.0 Å². The molecule has 3 heterocycles. The highest BCUT2D eigenvalue weighted by Crippen LogP contribution is 2.48. The van der Waals surface area contributed by atoms with Crippen molar-refractivity contribution in [2.75, 3.05) is 13.2 Å². The molecular weight excluding hydrogens is 518 g/mol. The van der Waals surface area contributed by atoms with Crippen LogP contribution in [0.3, 0.4) is 0 Å². The fraction of sp³-hybridized carbons (Fsp3) is 0.688. The molecule has 3 N–H and O–H groups in total. The normalized spacial score (nSPS) is 32.1. The lowest BCUT2D eigenvalue weighted by atomic mass is 9.65. The molecule has 2 saturated carbocycles. The Labute approximate surface area is 242 Å². The Morgan fingerprint density at radius 1 is 1.00 bits per heavy atom. The second-order valence-electron chi connectivity index (χ2n) is 13.2. The molecule has 0 amide bonds. The first-order chi connectivity index (χ1) is 19.9. The first kappa shape index (κ1) is 28.3. The molecule has 0 radical (unpaired) electrons. The molecule has 6 rings (SSSR count). The minimum atomic E-state index is -0.959. The van der Waals surface area contributed by atoms with Crippen LogP contribution in [0.2, 0.25) is 0 Å². The molecule has 222 valence electrons. The number of oxime groups is 1. The predicted molar refractivity (Wildman–Crippen MR) is 159 cm³/mol. The number of para-hydroxylation sites is 2. The largest absolute Gasteiger partial charge is 0.481 e. The van der Waals surface area contributed by atoms with Crippen molar-refractivity contribution in [2.24, 2.45) is 28.6 Å². The van der Waals surface area contributed by atoms with E-state index in [-0.39, 0.29) is 49.0 Å². The van der Waals surface area contributed by atoms with Gasteiger partial charge in [-0.2, -0.15) is 0 Å². The van der Waals surface area contributed by atoms with E-state index in [1.807, 2.05) is 28.8 Å². The van der Waals surface area contributed by atoms with E-state index in [1.54, 1.807) is 0 Å². The first-order valence-corrected chi connectivity index (χ1v) is 15.8. The van der Waals surface area contributed by atoms with E-state index in [4.69, 9.17) is 15.6 Å². The summed E-state index contributed by atoms with van der Waals surface area (Å²) in [5.74, 6) is 1.66. The molecule has 4 aliphatic rings. The third kappa shape index (κ3) is 5.93. The van der Waals surface area contributed by atoms with Gasteiger partial charge in [0.2, 0.25) is 0 Å². The Kier molecular flexibility index (Phi) is 8.45. The van der Waals surface area contributed by atoms with Gasteiger partial charge in [-0.25, -0.2) is 4.98 Å². The number of hydrogen-bond donors (Lipinski definition) is 2. The summed E-state index contributed by atoms with van der Waals surface area (Å²) < 4.78 is 1.96. The summed E-state index contributed by atoms with van der Waals surface area (Å²) in [7, 11) is 0. The molecule has 4 unspecified atom stereocenters. The standard InChI is InChI=1S/C32H45N5O4/c1-20-13-21-15-22(14-20)17-25(16-21)36-23-5-4-6-24(36)19-26(18-23)37-29-8-3-2-7-27(29)34-31(32(37)40)28(9-10-30(38)39)35-41-12-11-33/h2-3,7-8,20-26H,4-6,9-19,33H2,1H3,(H,38,39)/b35-28+. The van der Waals surface area contributed by atoms with Crippen molar-refractivity contribution >= 4 is 22.7 Å². The van der Waals surface area contributed by atoms with Crippen molar-refractivity contribution in [3.8, 4) is 0 Å². The maximum absolute atomic E-state index is 14.2. The number of nitrogens with zero attached hydrogens (tertiary/aromatic N) is 4. The lowest BCUT2D eigenvalue weighted by molar-refractivity contribution is -0.136. The highest BCUT2D eigenvalue weighted by molar-refractivity contribution is 6.00. The van der Waals surface area contributed by atoms with E-state index < -0.39 is 5.97 Å². The molecule has 2 aromatic rings. The van der Waals surface area contributed by atoms with Crippen LogP contribution in [0.25, 0.3) is 11.0 Å². The van der Waals surface area contributed by atoms with Crippen LogP contribution in [0.1, 0.15) is 95.7 Å². The van der Waals surface area contributed by atoms with Gasteiger partial charge in [0.1, 0.15) is 12.3 Å². The van der Waals surface area contributed by atoms with Gasteiger partial charge < -0.3 is 20.2 Å². The van der Waals surface area contributed by atoms with Crippen LogP contribution < -0.4 is 11.3 Å². The number of aromatic nitrogens is 2. The number of carboxylic acids is 1. The van der Waals surface area contributed by atoms with Gasteiger partial charge >= 0.3 is 5.97 Å². The van der Waals surface area contributed by atoms with E-state index in [1.165, 1.54) is 51.4 Å². The minimum Gasteiger partial charge on any atom is -0.481 e. The van der Waals surface area contributed by atoms with Crippen molar-refractivity contribution in [1.29, 1.82) is 0 Å². The lowest BCUT2D eigenvalue weighted by Gasteiger charge is -2.55. The lowest BCUT2D eigenvalue weighted by Crippen LogP contribution is -2.59. The Morgan fingerprint density at radius 2 is 1.71 bits per heavy atom. The number of carboxylic acid groups (broad SMARTS) is 1. The predicted octanol–water partition coefficient (Wildman–Crippen LogP) is 4.71. The van der Waals surface area contributed by atoms with Crippen LogP contribution in [0, 0.1) is 17.8 Å².